The number of nitrogens with two attached hydrogens (primary N) is 1. The summed E-state index contributed by atoms with van der Waals surface area (Å²) in [5, 5.41) is 0. The monoisotopic (exact) mass is 218 g/mol. The van der Waals surface area contributed by atoms with Crippen LogP contribution in [0.3, 0.4) is 0 Å². The van der Waals surface area contributed by atoms with Gasteiger partial charge in [0.25, 0.3) is 0 Å². The van der Waals surface area contributed by atoms with Gasteiger partial charge in [0, 0.05) is 18.5 Å². The number of nitrogens with zero attached hydrogens (tertiary/aromatic N) is 1. The summed E-state index contributed by atoms with van der Waals surface area (Å²) < 4.78 is 10.7. The summed E-state index contributed by atoms with van der Waals surface area (Å²) in [6.07, 6.45) is 2.36. The Bertz CT molecular complexity index is 466. The molecule has 0 amide bonds. The summed E-state index contributed by atoms with van der Waals surface area (Å²) >= 11 is 0. The lowest BCUT2D eigenvalue weighted by Crippen LogP contribution is -2.02. The molecule has 1 aromatic carbocycles. The number of hydrogen-bond acceptors (Lipinski definition) is 4. The molecule has 0 aliphatic rings. The predicted molar refractivity (Wildman–Crippen MR) is 61.2 cm³/mol. The lowest BCUT2D eigenvalue weighted by molar-refractivity contribution is 0.414. The van der Waals surface area contributed by atoms with Crippen LogP contribution < -0.4 is 10.5 Å². The third kappa shape index (κ3) is 2.23. The maximum absolute atomic E-state index is 5.56. The minimum absolute atomic E-state index is 0.540. The van der Waals surface area contributed by atoms with Crippen LogP contribution >= 0.6 is 0 Å². The molecule has 0 spiro atoms. The van der Waals surface area contributed by atoms with E-state index in [0.717, 1.165) is 17.1 Å². The van der Waals surface area contributed by atoms with Crippen molar-refractivity contribution in [3.05, 3.63) is 36.4 Å². The van der Waals surface area contributed by atoms with Gasteiger partial charge in [-0.1, -0.05) is 12.1 Å². The fourth-order valence-electron chi connectivity index (χ4n) is 1.46. The SMILES string of the molecule is COc1cccc(-c2cnc(CCN)o2)c1. The van der Waals surface area contributed by atoms with E-state index >= 15 is 0 Å². The first-order valence-electron chi connectivity index (χ1n) is 5.12. The largest absolute Gasteiger partial charge is 0.497 e. The molecule has 2 N–H and O–H groups in total. The van der Waals surface area contributed by atoms with Gasteiger partial charge in [0.15, 0.2) is 11.7 Å². The van der Waals surface area contributed by atoms with E-state index in [1.54, 1.807) is 13.3 Å². The molecule has 0 aliphatic carbocycles. The molecule has 0 aliphatic heterocycles. The maximum atomic E-state index is 5.56. The average Bonchev–Trinajstić information content (AvgIpc) is 2.78. The third-order valence-corrected chi connectivity index (χ3v) is 2.27. The molecule has 0 unspecified atom stereocenters. The van der Waals surface area contributed by atoms with Gasteiger partial charge < -0.3 is 14.9 Å². The average molecular weight is 218 g/mol. The summed E-state index contributed by atoms with van der Waals surface area (Å²) in [7, 11) is 1.64. The molecule has 16 heavy (non-hydrogen) atoms. The van der Waals surface area contributed by atoms with Gasteiger partial charge in [-0.15, -0.1) is 0 Å². The van der Waals surface area contributed by atoms with Gasteiger partial charge in [-0.2, -0.15) is 0 Å². The highest BCUT2D eigenvalue weighted by atomic mass is 16.5. The van der Waals surface area contributed by atoms with Crippen LogP contribution in [0.4, 0.5) is 0 Å². The number of ether oxygens (including phenoxy) is 1. The lowest BCUT2D eigenvalue weighted by Gasteiger charge is -2.00. The fourth-order valence-corrected chi connectivity index (χ4v) is 1.46. The van der Waals surface area contributed by atoms with E-state index in [0.29, 0.717) is 18.9 Å². The number of benzene rings is 1. The number of methoxy groups -OCH3 is 1. The van der Waals surface area contributed by atoms with Crippen molar-refractivity contribution in [1.82, 2.24) is 4.98 Å². The first kappa shape index (κ1) is 10.7. The Morgan fingerprint density at radius 3 is 3.06 bits per heavy atom. The quantitative estimate of drug-likeness (QED) is 0.850. The topological polar surface area (TPSA) is 61.3 Å². The minimum atomic E-state index is 0.540. The van der Waals surface area contributed by atoms with Crippen molar-refractivity contribution in [2.24, 2.45) is 5.73 Å². The zero-order chi connectivity index (χ0) is 11.4. The smallest absolute Gasteiger partial charge is 0.196 e. The Balaban J connectivity index is 2.27. The number of aromatic nitrogens is 1. The van der Waals surface area contributed by atoms with Crippen molar-refractivity contribution in [3.8, 4) is 17.1 Å². The van der Waals surface area contributed by atoms with Crippen LogP contribution in [0.1, 0.15) is 5.89 Å². The van der Waals surface area contributed by atoms with Crippen LogP contribution in [0, 0.1) is 0 Å². The van der Waals surface area contributed by atoms with Gasteiger partial charge in [0.05, 0.1) is 13.3 Å². The summed E-state index contributed by atoms with van der Waals surface area (Å²) in [5.41, 5.74) is 6.39. The van der Waals surface area contributed by atoms with Gasteiger partial charge in [-0.3, -0.25) is 0 Å². The van der Waals surface area contributed by atoms with Crippen LogP contribution in [0.15, 0.2) is 34.9 Å². The normalized spacial score (nSPS) is 10.4. The summed E-state index contributed by atoms with van der Waals surface area (Å²) in [6, 6.07) is 7.67. The Kier molecular flexibility index (Phi) is 3.22. The second-order valence-corrected chi connectivity index (χ2v) is 3.39. The Morgan fingerprint density at radius 2 is 2.31 bits per heavy atom. The van der Waals surface area contributed by atoms with Crippen molar-refractivity contribution in [2.75, 3.05) is 13.7 Å². The number of oxazole rings is 1. The van der Waals surface area contributed by atoms with Crippen LogP contribution in [0.5, 0.6) is 5.75 Å². The molecule has 0 saturated heterocycles. The molecule has 2 aromatic rings. The zero-order valence-electron chi connectivity index (χ0n) is 9.14. The highest BCUT2D eigenvalue weighted by molar-refractivity contribution is 5.58. The predicted octanol–water partition coefficient (Wildman–Crippen LogP) is 1.85. The van der Waals surface area contributed by atoms with E-state index in [4.69, 9.17) is 14.9 Å². The van der Waals surface area contributed by atoms with Gasteiger partial charge in [-0.05, 0) is 12.1 Å². The maximum Gasteiger partial charge on any atom is 0.196 e. The van der Waals surface area contributed by atoms with Crippen LogP contribution in [0.25, 0.3) is 11.3 Å². The molecule has 0 fully saturated rings. The van der Waals surface area contributed by atoms with Gasteiger partial charge in [-0.25, -0.2) is 4.98 Å². The molecule has 1 heterocycles. The molecular formula is C12H14N2O2. The van der Waals surface area contributed by atoms with E-state index in [9.17, 15) is 0 Å². The highest BCUT2D eigenvalue weighted by Gasteiger charge is 2.06. The van der Waals surface area contributed by atoms with Crippen molar-refractivity contribution in [3.63, 3.8) is 0 Å². The fraction of sp³-hybridized carbons (Fsp3) is 0.250. The molecule has 4 heteroatoms. The zero-order valence-corrected chi connectivity index (χ0v) is 9.14. The molecule has 0 radical (unpaired) electrons. The number of hydrogen-bond donors (Lipinski definition) is 1. The molecule has 0 saturated carbocycles. The second kappa shape index (κ2) is 4.81. The Labute approximate surface area is 94.1 Å². The summed E-state index contributed by atoms with van der Waals surface area (Å²) in [5.74, 6) is 2.21. The summed E-state index contributed by atoms with van der Waals surface area (Å²) in [4.78, 5) is 4.15. The van der Waals surface area contributed by atoms with Crippen molar-refractivity contribution >= 4 is 0 Å². The van der Waals surface area contributed by atoms with E-state index in [-0.39, 0.29) is 0 Å². The Morgan fingerprint density at radius 1 is 1.44 bits per heavy atom. The van der Waals surface area contributed by atoms with Gasteiger partial charge >= 0.3 is 0 Å². The van der Waals surface area contributed by atoms with Gasteiger partial charge in [0.2, 0.25) is 0 Å². The first-order valence-corrected chi connectivity index (χ1v) is 5.12. The molecule has 0 bridgehead atoms. The van der Waals surface area contributed by atoms with Crippen LogP contribution in [0.2, 0.25) is 0 Å². The molecule has 4 nitrogen and oxygen atoms in total. The highest BCUT2D eigenvalue weighted by Crippen LogP contribution is 2.24. The third-order valence-electron chi connectivity index (χ3n) is 2.27. The molecule has 84 valence electrons. The molecule has 0 atom stereocenters. The van der Waals surface area contributed by atoms with Crippen LogP contribution in [-0.2, 0) is 6.42 Å². The number of rotatable bonds is 4. The van der Waals surface area contributed by atoms with Crippen molar-refractivity contribution < 1.29 is 9.15 Å². The van der Waals surface area contributed by atoms with E-state index in [2.05, 4.69) is 4.98 Å². The van der Waals surface area contributed by atoms with E-state index in [1.165, 1.54) is 0 Å². The molecule has 1 aromatic heterocycles. The van der Waals surface area contributed by atoms with E-state index in [1.807, 2.05) is 24.3 Å². The Hall–Kier alpha value is -1.81. The molecular weight excluding hydrogens is 204 g/mol. The van der Waals surface area contributed by atoms with Crippen LogP contribution in [-0.4, -0.2) is 18.6 Å². The standard InChI is InChI=1S/C12H14N2O2/c1-15-10-4-2-3-9(7-10)11-8-14-12(16-11)5-6-13/h2-4,7-8H,5-6,13H2,1H3. The van der Waals surface area contributed by atoms with Crippen molar-refractivity contribution in [1.29, 1.82) is 0 Å². The van der Waals surface area contributed by atoms with Gasteiger partial charge in [0.1, 0.15) is 5.75 Å². The molecule has 2 rings (SSSR count). The van der Waals surface area contributed by atoms with Crippen molar-refractivity contribution in [2.45, 2.75) is 6.42 Å². The summed E-state index contributed by atoms with van der Waals surface area (Å²) in [6.45, 7) is 0.540. The second-order valence-electron chi connectivity index (χ2n) is 3.39. The first-order chi connectivity index (χ1) is 7.83. The van der Waals surface area contributed by atoms with E-state index < -0.39 is 0 Å². The minimum Gasteiger partial charge on any atom is -0.497 e. The lowest BCUT2D eigenvalue weighted by atomic mass is 10.2.